The van der Waals surface area contributed by atoms with Crippen LogP contribution in [-0.2, 0) is 16.1 Å². The highest BCUT2D eigenvalue weighted by atomic mass is 16.5. The molecule has 28 heavy (non-hydrogen) atoms. The predicted octanol–water partition coefficient (Wildman–Crippen LogP) is 4.57. The number of esters is 1. The van der Waals surface area contributed by atoms with E-state index in [-0.39, 0.29) is 18.0 Å². The zero-order valence-electron chi connectivity index (χ0n) is 16.5. The number of hydrogen-bond acceptors (Lipinski definition) is 5. The van der Waals surface area contributed by atoms with Gasteiger partial charge in [0.2, 0.25) is 0 Å². The molecule has 0 saturated heterocycles. The Morgan fingerprint density at radius 2 is 1.71 bits per heavy atom. The van der Waals surface area contributed by atoms with Gasteiger partial charge in [0, 0.05) is 11.0 Å². The molecule has 0 bridgehead atoms. The molecule has 0 heterocycles. The highest BCUT2D eigenvalue weighted by Crippen LogP contribution is 2.26. The van der Waals surface area contributed by atoms with E-state index >= 15 is 0 Å². The van der Waals surface area contributed by atoms with Crippen molar-refractivity contribution in [1.29, 1.82) is 5.26 Å². The van der Waals surface area contributed by atoms with E-state index < -0.39 is 11.4 Å². The lowest BCUT2D eigenvalue weighted by Gasteiger charge is -2.16. The first-order chi connectivity index (χ1) is 13.3. The number of para-hydroxylation sites is 1. The third-order valence-corrected chi connectivity index (χ3v) is 4.03. The van der Waals surface area contributed by atoms with Crippen LogP contribution in [0.3, 0.4) is 0 Å². The molecule has 0 radical (unpaired) electrons. The van der Waals surface area contributed by atoms with Gasteiger partial charge in [0.15, 0.2) is 5.78 Å². The second kappa shape index (κ2) is 9.01. The molecule has 0 atom stereocenters. The monoisotopic (exact) mass is 377 g/mol. The van der Waals surface area contributed by atoms with E-state index in [2.05, 4.69) is 4.74 Å². The molecule has 2 aromatic rings. The van der Waals surface area contributed by atoms with Crippen LogP contribution in [0.2, 0.25) is 0 Å². The van der Waals surface area contributed by atoms with Gasteiger partial charge in [-0.15, -0.1) is 0 Å². The third-order valence-electron chi connectivity index (χ3n) is 4.03. The maximum Gasteiger partial charge on any atom is 0.337 e. The fourth-order valence-corrected chi connectivity index (χ4v) is 2.46. The van der Waals surface area contributed by atoms with Crippen molar-refractivity contribution in [2.24, 2.45) is 5.41 Å². The molecule has 0 N–H and O–H groups in total. The lowest BCUT2D eigenvalue weighted by molar-refractivity contribution is -0.121. The smallest absolute Gasteiger partial charge is 0.337 e. The molecule has 0 saturated carbocycles. The minimum atomic E-state index is -0.640. The molecule has 0 fully saturated rings. The molecule has 0 aliphatic rings. The number of carbonyl (C=O) groups excluding carboxylic acids is 2. The number of benzene rings is 2. The Labute approximate surface area is 165 Å². The predicted molar refractivity (Wildman–Crippen MR) is 107 cm³/mol. The van der Waals surface area contributed by atoms with Crippen molar-refractivity contribution >= 4 is 17.8 Å². The van der Waals surface area contributed by atoms with Gasteiger partial charge in [-0.2, -0.15) is 5.26 Å². The van der Waals surface area contributed by atoms with E-state index in [1.165, 1.54) is 7.11 Å². The topological polar surface area (TPSA) is 76.4 Å². The minimum absolute atomic E-state index is 0.0889. The first kappa shape index (κ1) is 20.9. The summed E-state index contributed by atoms with van der Waals surface area (Å²) in [7, 11) is 1.34. The summed E-state index contributed by atoms with van der Waals surface area (Å²) in [5.41, 5.74) is 1.44. The molecule has 5 nitrogen and oxygen atoms in total. The molecule has 2 aromatic carbocycles. The Hall–Kier alpha value is -3.39. The van der Waals surface area contributed by atoms with Crippen molar-refractivity contribution in [1.82, 2.24) is 0 Å². The van der Waals surface area contributed by atoms with E-state index in [9.17, 15) is 14.9 Å². The Balaban J connectivity index is 2.20. The van der Waals surface area contributed by atoms with Gasteiger partial charge >= 0.3 is 5.97 Å². The summed E-state index contributed by atoms with van der Waals surface area (Å²) in [6.07, 6.45) is 1.56. The summed E-state index contributed by atoms with van der Waals surface area (Å²) >= 11 is 0. The number of rotatable bonds is 6. The maximum atomic E-state index is 12.4. The minimum Gasteiger partial charge on any atom is -0.488 e. The molecule has 0 aromatic heterocycles. The molecular formula is C23H23NO4. The van der Waals surface area contributed by atoms with Gasteiger partial charge in [-0.1, -0.05) is 51.1 Å². The van der Waals surface area contributed by atoms with Gasteiger partial charge in [0.25, 0.3) is 0 Å². The third kappa shape index (κ3) is 5.31. The van der Waals surface area contributed by atoms with Crippen LogP contribution in [0, 0.1) is 16.7 Å². The lowest BCUT2D eigenvalue weighted by Crippen LogP contribution is -2.21. The van der Waals surface area contributed by atoms with E-state index in [1.807, 2.05) is 18.2 Å². The molecule has 144 valence electrons. The fourth-order valence-electron chi connectivity index (χ4n) is 2.46. The number of allylic oxidation sites excluding steroid dienone is 1. The number of ether oxygens (including phenoxy) is 2. The molecule has 0 spiro atoms. The number of nitrogens with zero attached hydrogens (tertiary/aromatic N) is 1. The van der Waals surface area contributed by atoms with Gasteiger partial charge in [0.05, 0.1) is 18.2 Å². The van der Waals surface area contributed by atoms with Crippen molar-refractivity contribution < 1.29 is 19.1 Å². The number of carbonyl (C=O) groups is 2. The average molecular weight is 377 g/mol. The van der Waals surface area contributed by atoms with E-state index in [1.54, 1.807) is 63.2 Å². The standard InChI is InChI=1S/C23H23NO4/c1-23(2,3)21(25)19(14-24)13-18-7-5-6-8-20(18)28-15-16-9-11-17(12-10-16)22(26)27-4/h5-13H,15H2,1-4H3/b19-13-. The average Bonchev–Trinajstić information content (AvgIpc) is 2.69. The summed E-state index contributed by atoms with van der Waals surface area (Å²) < 4.78 is 10.6. The first-order valence-electron chi connectivity index (χ1n) is 8.82. The van der Waals surface area contributed by atoms with Crippen LogP contribution in [0.15, 0.2) is 54.1 Å². The molecule has 0 aliphatic carbocycles. The van der Waals surface area contributed by atoms with Gasteiger partial charge in [-0.3, -0.25) is 4.79 Å². The maximum absolute atomic E-state index is 12.4. The summed E-state index contributed by atoms with van der Waals surface area (Å²) in [6.45, 7) is 5.62. The van der Waals surface area contributed by atoms with Crippen molar-refractivity contribution in [3.63, 3.8) is 0 Å². The van der Waals surface area contributed by atoms with E-state index in [4.69, 9.17) is 4.74 Å². The molecule has 0 unspecified atom stereocenters. The number of ketones is 1. The van der Waals surface area contributed by atoms with Crippen LogP contribution in [0.1, 0.15) is 42.3 Å². The number of hydrogen-bond donors (Lipinski definition) is 0. The lowest BCUT2D eigenvalue weighted by atomic mass is 9.86. The summed E-state index contributed by atoms with van der Waals surface area (Å²) in [5.74, 6) is -0.0484. The van der Waals surface area contributed by atoms with Crippen molar-refractivity contribution in [2.45, 2.75) is 27.4 Å². The van der Waals surface area contributed by atoms with Crippen molar-refractivity contribution in [2.75, 3.05) is 7.11 Å². The molecule has 0 aliphatic heterocycles. The second-order valence-electron chi connectivity index (χ2n) is 7.26. The number of Topliss-reactive ketones (excluding diaryl/α,β-unsaturated/α-hetero) is 1. The summed E-state index contributed by atoms with van der Waals surface area (Å²) in [5, 5.41) is 9.39. The Kier molecular flexibility index (Phi) is 6.73. The quantitative estimate of drug-likeness (QED) is 0.418. The molecule has 2 rings (SSSR count). The molecular weight excluding hydrogens is 354 g/mol. The SMILES string of the molecule is COC(=O)c1ccc(COc2ccccc2/C=C(/C#N)C(=O)C(C)(C)C)cc1. The largest absolute Gasteiger partial charge is 0.488 e. The van der Waals surface area contributed by atoms with Crippen molar-refractivity contribution in [3.05, 3.63) is 70.8 Å². The van der Waals surface area contributed by atoms with Crippen LogP contribution in [0.4, 0.5) is 0 Å². The number of nitriles is 1. The van der Waals surface area contributed by atoms with E-state index in [0.717, 1.165) is 5.56 Å². The van der Waals surface area contributed by atoms with Gasteiger partial charge in [0.1, 0.15) is 18.4 Å². The van der Waals surface area contributed by atoms with Gasteiger partial charge in [-0.25, -0.2) is 4.79 Å². The van der Waals surface area contributed by atoms with Crippen LogP contribution < -0.4 is 4.74 Å². The normalized spacial score (nSPS) is 11.5. The Morgan fingerprint density at radius 1 is 1.07 bits per heavy atom. The molecule has 5 heteroatoms. The van der Waals surface area contributed by atoms with Crippen LogP contribution in [-0.4, -0.2) is 18.9 Å². The van der Waals surface area contributed by atoms with Crippen LogP contribution in [0.5, 0.6) is 5.75 Å². The zero-order valence-corrected chi connectivity index (χ0v) is 16.5. The van der Waals surface area contributed by atoms with Gasteiger partial charge in [-0.05, 0) is 29.8 Å². The van der Waals surface area contributed by atoms with Crippen molar-refractivity contribution in [3.8, 4) is 11.8 Å². The van der Waals surface area contributed by atoms with Crippen LogP contribution in [0.25, 0.3) is 6.08 Å². The summed E-state index contributed by atoms with van der Waals surface area (Å²) in [4.78, 5) is 23.9. The Bertz CT molecular complexity index is 928. The molecule has 0 amide bonds. The zero-order chi connectivity index (χ0) is 20.7. The van der Waals surface area contributed by atoms with E-state index in [0.29, 0.717) is 16.9 Å². The highest BCUT2D eigenvalue weighted by Gasteiger charge is 2.25. The Morgan fingerprint density at radius 3 is 2.29 bits per heavy atom. The van der Waals surface area contributed by atoms with Gasteiger partial charge < -0.3 is 9.47 Å². The van der Waals surface area contributed by atoms with Crippen LogP contribution >= 0.6 is 0 Å². The fraction of sp³-hybridized carbons (Fsp3) is 0.261. The highest BCUT2D eigenvalue weighted by molar-refractivity contribution is 6.06. The number of methoxy groups -OCH3 is 1. The summed E-state index contributed by atoms with van der Waals surface area (Å²) in [6, 6.07) is 16.1. The second-order valence-corrected chi connectivity index (χ2v) is 7.26. The first-order valence-corrected chi connectivity index (χ1v) is 8.82.